The third-order valence-corrected chi connectivity index (χ3v) is 4.47. The van der Waals surface area contributed by atoms with E-state index in [0.717, 1.165) is 6.07 Å². The smallest absolute Gasteiger partial charge is 0.394 e. The van der Waals surface area contributed by atoms with E-state index in [1.54, 1.807) is 0 Å². The molecule has 13 heteroatoms. The molecular formula is C16H14F4N6O2S. The number of nitrogens with one attached hydrogen (secondary N) is 1. The first-order valence-electron chi connectivity index (χ1n) is 7.99. The molecule has 0 saturated carbocycles. The lowest BCUT2D eigenvalue weighted by atomic mass is 10.1. The molecule has 0 radical (unpaired) electrons. The van der Waals surface area contributed by atoms with Crippen LogP contribution in [0.25, 0.3) is 11.3 Å². The third kappa shape index (κ3) is 4.75. The van der Waals surface area contributed by atoms with Crippen molar-refractivity contribution in [3.63, 3.8) is 0 Å². The van der Waals surface area contributed by atoms with Crippen LogP contribution in [0, 0.1) is 5.82 Å². The Hall–Kier alpha value is -2.90. The standard InChI is InChI=1S/C16H14F4N6O2S/c17-12-5-10(29(21)28)1-2-13(12)24-15-22-7-11(16(18,19)20)14(25-15)9-6-23-26(8-9)3-4-27/h1-2,5-8,27H,3-4,21H2,(H,22,24,25). The van der Waals surface area contributed by atoms with Gasteiger partial charge in [0.25, 0.3) is 0 Å². The van der Waals surface area contributed by atoms with Gasteiger partial charge >= 0.3 is 6.18 Å². The van der Waals surface area contributed by atoms with Crippen molar-refractivity contribution < 1.29 is 26.9 Å². The monoisotopic (exact) mass is 430 g/mol. The van der Waals surface area contributed by atoms with Crippen LogP contribution in [-0.4, -0.2) is 35.7 Å². The van der Waals surface area contributed by atoms with Crippen molar-refractivity contribution in [2.75, 3.05) is 11.9 Å². The van der Waals surface area contributed by atoms with Gasteiger partial charge in [-0.3, -0.25) is 4.68 Å². The van der Waals surface area contributed by atoms with Crippen LogP contribution in [0.2, 0.25) is 0 Å². The number of benzene rings is 1. The van der Waals surface area contributed by atoms with Gasteiger partial charge in [-0.15, -0.1) is 0 Å². The van der Waals surface area contributed by atoms with Gasteiger partial charge in [-0.25, -0.2) is 23.7 Å². The van der Waals surface area contributed by atoms with Crippen LogP contribution in [0.1, 0.15) is 5.56 Å². The van der Waals surface area contributed by atoms with Crippen LogP contribution in [0.4, 0.5) is 29.2 Å². The molecule has 2 aromatic heterocycles. The van der Waals surface area contributed by atoms with E-state index in [1.807, 2.05) is 0 Å². The average Bonchev–Trinajstić information content (AvgIpc) is 3.11. The molecular weight excluding hydrogens is 416 g/mol. The van der Waals surface area contributed by atoms with Crippen LogP contribution in [0.5, 0.6) is 0 Å². The van der Waals surface area contributed by atoms with Crippen molar-refractivity contribution in [1.82, 2.24) is 19.7 Å². The van der Waals surface area contributed by atoms with Gasteiger partial charge in [-0.05, 0) is 18.2 Å². The van der Waals surface area contributed by atoms with Crippen molar-refractivity contribution in [3.05, 3.63) is 48.2 Å². The molecule has 0 amide bonds. The fourth-order valence-corrected chi connectivity index (χ4v) is 2.84. The van der Waals surface area contributed by atoms with Gasteiger partial charge in [0.15, 0.2) is 0 Å². The molecule has 2 heterocycles. The molecule has 3 rings (SSSR count). The molecule has 1 unspecified atom stereocenters. The molecule has 0 saturated heterocycles. The summed E-state index contributed by atoms with van der Waals surface area (Å²) in [5.74, 6) is -1.12. The summed E-state index contributed by atoms with van der Waals surface area (Å²) in [4.78, 5) is 7.52. The highest BCUT2D eigenvalue weighted by atomic mass is 32.2. The Balaban J connectivity index is 2.00. The van der Waals surface area contributed by atoms with E-state index < -0.39 is 34.2 Å². The second-order valence-electron chi connectivity index (χ2n) is 5.73. The van der Waals surface area contributed by atoms with E-state index in [1.165, 1.54) is 29.2 Å². The van der Waals surface area contributed by atoms with Crippen molar-refractivity contribution in [3.8, 4) is 11.3 Å². The lowest BCUT2D eigenvalue weighted by Gasteiger charge is -2.13. The van der Waals surface area contributed by atoms with Gasteiger partial charge < -0.3 is 10.4 Å². The summed E-state index contributed by atoms with van der Waals surface area (Å²) in [5, 5.41) is 20.5. The lowest BCUT2D eigenvalue weighted by molar-refractivity contribution is -0.137. The van der Waals surface area contributed by atoms with E-state index >= 15 is 0 Å². The summed E-state index contributed by atoms with van der Waals surface area (Å²) in [5.41, 5.74) is -1.65. The van der Waals surface area contributed by atoms with E-state index in [0.29, 0.717) is 6.20 Å². The first kappa shape index (κ1) is 20.8. The second-order valence-corrected chi connectivity index (χ2v) is 6.80. The predicted octanol–water partition coefficient (Wildman–Crippen LogP) is 2.22. The summed E-state index contributed by atoms with van der Waals surface area (Å²) >= 11 is 0. The van der Waals surface area contributed by atoms with Crippen molar-refractivity contribution >= 4 is 22.6 Å². The molecule has 0 aliphatic carbocycles. The summed E-state index contributed by atoms with van der Waals surface area (Å²) in [7, 11) is -1.89. The van der Waals surface area contributed by atoms with Gasteiger partial charge in [0.2, 0.25) is 5.95 Å². The highest BCUT2D eigenvalue weighted by molar-refractivity contribution is 7.82. The topological polar surface area (TPSA) is 119 Å². The maximum Gasteiger partial charge on any atom is 0.419 e. The molecule has 0 aliphatic rings. The molecule has 3 aromatic rings. The third-order valence-electron chi connectivity index (χ3n) is 3.75. The van der Waals surface area contributed by atoms with E-state index in [-0.39, 0.29) is 35.2 Å². The molecule has 1 aromatic carbocycles. The number of nitrogens with two attached hydrogens (primary N) is 1. The predicted molar refractivity (Wildman–Crippen MR) is 95.6 cm³/mol. The van der Waals surface area contributed by atoms with E-state index in [4.69, 9.17) is 10.2 Å². The number of hydrogen-bond donors (Lipinski definition) is 3. The summed E-state index contributed by atoms with van der Waals surface area (Å²) in [6, 6.07) is 3.45. The number of aliphatic hydroxyl groups is 1. The SMILES string of the molecule is NS(=O)c1ccc(Nc2ncc(C(F)(F)F)c(-c3cnn(CCO)c3)n2)c(F)c1. The average molecular weight is 430 g/mol. The first-order valence-corrected chi connectivity index (χ1v) is 9.21. The maximum absolute atomic E-state index is 14.2. The zero-order valence-electron chi connectivity index (χ0n) is 14.5. The Bertz CT molecular complexity index is 1060. The molecule has 29 heavy (non-hydrogen) atoms. The highest BCUT2D eigenvalue weighted by Gasteiger charge is 2.35. The molecule has 154 valence electrons. The van der Waals surface area contributed by atoms with E-state index in [2.05, 4.69) is 20.4 Å². The summed E-state index contributed by atoms with van der Waals surface area (Å²) < 4.78 is 66.7. The minimum absolute atomic E-state index is 0.0402. The van der Waals surface area contributed by atoms with Crippen molar-refractivity contribution in [1.29, 1.82) is 0 Å². The number of aliphatic hydroxyl groups excluding tert-OH is 1. The number of halogens is 4. The molecule has 8 nitrogen and oxygen atoms in total. The second kappa shape index (κ2) is 8.23. The van der Waals surface area contributed by atoms with Crippen LogP contribution < -0.4 is 10.5 Å². The number of anilines is 2. The first-order chi connectivity index (χ1) is 13.7. The molecule has 0 fully saturated rings. The molecule has 4 N–H and O–H groups in total. The van der Waals surface area contributed by atoms with Crippen LogP contribution in [-0.2, 0) is 23.7 Å². The summed E-state index contributed by atoms with van der Waals surface area (Å²) in [6.07, 6.45) is -1.69. The number of nitrogens with zero attached hydrogens (tertiary/aromatic N) is 4. The fourth-order valence-electron chi connectivity index (χ4n) is 2.42. The Morgan fingerprint density at radius 1 is 1.28 bits per heavy atom. The molecule has 0 spiro atoms. The van der Waals surface area contributed by atoms with E-state index in [9.17, 15) is 21.8 Å². The lowest BCUT2D eigenvalue weighted by Crippen LogP contribution is -2.11. The van der Waals surface area contributed by atoms with Crippen LogP contribution in [0.15, 0.2) is 41.7 Å². The largest absolute Gasteiger partial charge is 0.419 e. The Labute approximate surface area is 164 Å². The molecule has 1 atom stereocenters. The Morgan fingerprint density at radius 3 is 2.66 bits per heavy atom. The number of rotatable bonds is 6. The van der Waals surface area contributed by atoms with Crippen molar-refractivity contribution in [2.45, 2.75) is 17.6 Å². The zero-order valence-corrected chi connectivity index (χ0v) is 15.3. The summed E-state index contributed by atoms with van der Waals surface area (Å²) in [6.45, 7) is -0.149. The van der Waals surface area contributed by atoms with Gasteiger partial charge in [-0.2, -0.15) is 18.3 Å². The maximum atomic E-state index is 14.2. The minimum atomic E-state index is -4.73. The van der Waals surface area contributed by atoms with Crippen molar-refractivity contribution in [2.24, 2.45) is 5.14 Å². The quantitative estimate of drug-likeness (QED) is 0.516. The van der Waals surface area contributed by atoms with Gasteiger partial charge in [-0.1, -0.05) is 0 Å². The molecule has 0 bridgehead atoms. The molecule has 0 aliphatic heterocycles. The van der Waals surface area contributed by atoms with Crippen LogP contribution in [0.3, 0.4) is 0 Å². The Morgan fingerprint density at radius 2 is 2.03 bits per heavy atom. The van der Waals surface area contributed by atoms with Gasteiger partial charge in [0, 0.05) is 18.0 Å². The van der Waals surface area contributed by atoms with Gasteiger partial charge in [0.05, 0.1) is 35.6 Å². The normalized spacial score (nSPS) is 12.8. The van der Waals surface area contributed by atoms with Crippen LogP contribution >= 0.6 is 0 Å². The highest BCUT2D eigenvalue weighted by Crippen LogP contribution is 2.36. The Kier molecular flexibility index (Phi) is 5.91. The number of hydrogen-bond acceptors (Lipinski definition) is 6. The van der Waals surface area contributed by atoms with Gasteiger partial charge in [0.1, 0.15) is 22.4 Å². The minimum Gasteiger partial charge on any atom is -0.394 e. The number of alkyl halides is 3. The fraction of sp³-hybridized carbons (Fsp3) is 0.188. The zero-order chi connectivity index (χ0) is 21.2. The number of aromatic nitrogens is 4.